The van der Waals surface area contributed by atoms with Crippen molar-refractivity contribution < 1.29 is 9.53 Å². The summed E-state index contributed by atoms with van der Waals surface area (Å²) in [4.78, 5) is 20.4. The number of nitrogens with two attached hydrogens (primary N) is 1. The van der Waals surface area contributed by atoms with Gasteiger partial charge in [-0.25, -0.2) is 0 Å². The molecule has 5 heteroatoms. The molecule has 1 aliphatic rings. The number of ether oxygens (including phenoxy) is 1. The van der Waals surface area contributed by atoms with E-state index in [9.17, 15) is 4.79 Å². The number of fused-ring (bicyclic) bond motifs is 1. The van der Waals surface area contributed by atoms with Crippen LogP contribution in [0.25, 0.3) is 11.1 Å². The van der Waals surface area contributed by atoms with Crippen LogP contribution in [0.4, 0.5) is 0 Å². The predicted molar refractivity (Wildman–Crippen MR) is 85.6 cm³/mol. The number of rotatable bonds is 4. The zero-order valence-electron chi connectivity index (χ0n) is 12.4. The highest BCUT2D eigenvalue weighted by Crippen LogP contribution is 2.27. The number of carbonyl (C=O) groups excluding carboxylic acids is 1. The van der Waals surface area contributed by atoms with Crippen LogP contribution in [0.15, 0.2) is 41.7 Å². The van der Waals surface area contributed by atoms with Crippen molar-refractivity contribution in [1.29, 1.82) is 0 Å². The van der Waals surface area contributed by atoms with Crippen LogP contribution in [-0.2, 0) is 0 Å². The predicted octanol–water partition coefficient (Wildman–Crippen LogP) is 2.09. The molecule has 0 bridgehead atoms. The highest BCUT2D eigenvalue weighted by molar-refractivity contribution is 6.16. The molecule has 5 nitrogen and oxygen atoms in total. The summed E-state index contributed by atoms with van der Waals surface area (Å²) in [5.41, 5.74) is 9.91. The molecule has 112 valence electrons. The zero-order chi connectivity index (χ0) is 15.5. The Morgan fingerprint density at radius 1 is 1.18 bits per heavy atom. The number of hydrogen-bond donors (Lipinski definition) is 1. The van der Waals surface area contributed by atoms with Gasteiger partial charge < -0.3 is 10.5 Å². The fourth-order valence-electron chi connectivity index (χ4n) is 2.54. The SMILES string of the molecule is CCOc1cncc(-c2ccc3c(c2)C(CN)=NCC3=O)c1. The lowest BCUT2D eigenvalue weighted by Gasteiger charge is -2.16. The molecule has 2 aromatic rings. The summed E-state index contributed by atoms with van der Waals surface area (Å²) in [5, 5.41) is 0. The van der Waals surface area contributed by atoms with E-state index in [4.69, 9.17) is 10.5 Å². The van der Waals surface area contributed by atoms with E-state index in [1.54, 1.807) is 12.4 Å². The first-order valence-electron chi connectivity index (χ1n) is 7.22. The van der Waals surface area contributed by atoms with Crippen LogP contribution >= 0.6 is 0 Å². The molecule has 0 amide bonds. The fourth-order valence-corrected chi connectivity index (χ4v) is 2.54. The number of nitrogens with zero attached hydrogens (tertiary/aromatic N) is 2. The minimum atomic E-state index is 0.0277. The highest BCUT2D eigenvalue weighted by atomic mass is 16.5. The van der Waals surface area contributed by atoms with E-state index in [-0.39, 0.29) is 12.3 Å². The first-order valence-corrected chi connectivity index (χ1v) is 7.22. The minimum Gasteiger partial charge on any atom is -0.492 e. The standard InChI is InChI=1S/C17H17N3O2/c1-2-22-13-5-12(8-19-9-13)11-3-4-14-15(6-11)16(7-18)20-10-17(14)21/h3-6,8-9H,2,7,10,18H2,1H3. The Kier molecular flexibility index (Phi) is 3.98. The maximum absolute atomic E-state index is 12.0. The van der Waals surface area contributed by atoms with Gasteiger partial charge in [-0.2, -0.15) is 0 Å². The van der Waals surface area contributed by atoms with Crippen molar-refractivity contribution in [2.24, 2.45) is 10.7 Å². The lowest BCUT2D eigenvalue weighted by Crippen LogP contribution is -2.24. The van der Waals surface area contributed by atoms with E-state index in [2.05, 4.69) is 9.98 Å². The second-order valence-corrected chi connectivity index (χ2v) is 4.99. The molecule has 1 aromatic heterocycles. The second-order valence-electron chi connectivity index (χ2n) is 4.99. The Balaban J connectivity index is 2.05. The van der Waals surface area contributed by atoms with Crippen LogP contribution in [0.5, 0.6) is 5.75 Å². The second kappa shape index (κ2) is 6.07. The molecule has 0 saturated carbocycles. The van der Waals surface area contributed by atoms with Crippen molar-refractivity contribution in [1.82, 2.24) is 4.98 Å². The third-order valence-electron chi connectivity index (χ3n) is 3.60. The fraction of sp³-hybridized carbons (Fsp3) is 0.235. The lowest BCUT2D eigenvalue weighted by atomic mass is 9.93. The van der Waals surface area contributed by atoms with Gasteiger partial charge >= 0.3 is 0 Å². The molecule has 1 aliphatic heterocycles. The van der Waals surface area contributed by atoms with E-state index in [1.807, 2.05) is 31.2 Å². The number of carbonyl (C=O) groups is 1. The Morgan fingerprint density at radius 3 is 2.82 bits per heavy atom. The third-order valence-corrected chi connectivity index (χ3v) is 3.60. The van der Waals surface area contributed by atoms with Crippen molar-refractivity contribution in [3.05, 3.63) is 47.8 Å². The maximum atomic E-state index is 12.0. The first kappa shape index (κ1) is 14.4. The Hall–Kier alpha value is -2.53. The van der Waals surface area contributed by atoms with Crippen molar-refractivity contribution in [2.75, 3.05) is 19.7 Å². The molecule has 0 spiro atoms. The minimum absolute atomic E-state index is 0.0277. The smallest absolute Gasteiger partial charge is 0.184 e. The molecule has 0 saturated heterocycles. The van der Waals surface area contributed by atoms with Crippen LogP contribution in [0, 0.1) is 0 Å². The number of ketones is 1. The molecule has 0 fully saturated rings. The molecule has 22 heavy (non-hydrogen) atoms. The summed E-state index contributed by atoms with van der Waals surface area (Å²) in [7, 11) is 0. The molecule has 0 atom stereocenters. The largest absolute Gasteiger partial charge is 0.492 e. The summed E-state index contributed by atoms with van der Waals surface area (Å²) in [6, 6.07) is 7.64. The van der Waals surface area contributed by atoms with E-state index < -0.39 is 0 Å². The van der Waals surface area contributed by atoms with Gasteiger partial charge in [0, 0.05) is 29.4 Å². The van der Waals surface area contributed by atoms with Gasteiger partial charge in [-0.05, 0) is 24.6 Å². The highest BCUT2D eigenvalue weighted by Gasteiger charge is 2.20. The summed E-state index contributed by atoms with van der Waals surface area (Å²) < 4.78 is 5.48. The molecule has 2 N–H and O–H groups in total. The van der Waals surface area contributed by atoms with Gasteiger partial charge in [-0.1, -0.05) is 12.1 Å². The van der Waals surface area contributed by atoms with Crippen molar-refractivity contribution in [3.8, 4) is 16.9 Å². The van der Waals surface area contributed by atoms with E-state index >= 15 is 0 Å². The summed E-state index contributed by atoms with van der Waals surface area (Å²) in [6.45, 7) is 3.02. The van der Waals surface area contributed by atoms with Gasteiger partial charge in [0.25, 0.3) is 0 Å². The number of Topliss-reactive ketones (excluding diaryl/α,β-unsaturated/α-hetero) is 1. The van der Waals surface area contributed by atoms with Gasteiger partial charge in [0.15, 0.2) is 5.78 Å². The van der Waals surface area contributed by atoms with Gasteiger partial charge in [-0.3, -0.25) is 14.8 Å². The van der Waals surface area contributed by atoms with Gasteiger partial charge in [0.2, 0.25) is 0 Å². The quantitative estimate of drug-likeness (QED) is 0.937. The molecule has 2 heterocycles. The van der Waals surface area contributed by atoms with Crippen LogP contribution in [0.2, 0.25) is 0 Å². The van der Waals surface area contributed by atoms with Crippen LogP contribution < -0.4 is 10.5 Å². The van der Waals surface area contributed by atoms with Crippen molar-refractivity contribution in [3.63, 3.8) is 0 Å². The third kappa shape index (κ3) is 2.63. The van der Waals surface area contributed by atoms with Crippen LogP contribution in [0.1, 0.15) is 22.8 Å². The number of hydrogen-bond acceptors (Lipinski definition) is 5. The van der Waals surface area contributed by atoms with Crippen LogP contribution in [0.3, 0.4) is 0 Å². The monoisotopic (exact) mass is 295 g/mol. The average molecular weight is 295 g/mol. The van der Waals surface area contributed by atoms with Gasteiger partial charge in [0.1, 0.15) is 12.3 Å². The van der Waals surface area contributed by atoms with Crippen molar-refractivity contribution in [2.45, 2.75) is 6.92 Å². The average Bonchev–Trinajstić information content (AvgIpc) is 2.55. The summed E-state index contributed by atoms with van der Waals surface area (Å²) in [6.07, 6.45) is 3.45. The van der Waals surface area contributed by atoms with Crippen molar-refractivity contribution >= 4 is 11.5 Å². The Labute approximate surface area is 128 Å². The molecule has 3 rings (SSSR count). The summed E-state index contributed by atoms with van der Waals surface area (Å²) in [5.74, 6) is 0.751. The topological polar surface area (TPSA) is 77.6 Å². The lowest BCUT2D eigenvalue weighted by molar-refractivity contribution is 0.1000. The normalized spacial score (nSPS) is 13.5. The Bertz CT molecular complexity index is 753. The van der Waals surface area contributed by atoms with E-state index in [1.165, 1.54) is 0 Å². The van der Waals surface area contributed by atoms with Crippen LogP contribution in [-0.4, -0.2) is 36.2 Å². The number of benzene rings is 1. The number of aromatic nitrogens is 1. The zero-order valence-corrected chi connectivity index (χ0v) is 12.4. The Morgan fingerprint density at radius 2 is 2.05 bits per heavy atom. The molecular formula is C17H17N3O2. The number of pyridine rings is 1. The number of aliphatic imine (C=N–C) groups is 1. The molecular weight excluding hydrogens is 278 g/mol. The first-order chi connectivity index (χ1) is 10.7. The summed E-state index contributed by atoms with van der Waals surface area (Å²) >= 11 is 0. The molecule has 1 aromatic carbocycles. The van der Waals surface area contributed by atoms with Gasteiger partial charge in [0.05, 0.1) is 18.5 Å². The van der Waals surface area contributed by atoms with E-state index in [0.717, 1.165) is 28.2 Å². The van der Waals surface area contributed by atoms with Gasteiger partial charge in [-0.15, -0.1) is 0 Å². The molecule has 0 aliphatic carbocycles. The maximum Gasteiger partial charge on any atom is 0.184 e. The molecule has 0 radical (unpaired) electrons. The molecule has 0 unspecified atom stereocenters. The van der Waals surface area contributed by atoms with E-state index in [0.29, 0.717) is 18.7 Å².